The van der Waals surface area contributed by atoms with Gasteiger partial charge in [0.2, 0.25) is 0 Å². The molecule has 0 fully saturated rings. The van der Waals surface area contributed by atoms with Crippen LogP contribution in [0.4, 0.5) is 0 Å². The third kappa shape index (κ3) is 4.19. The number of amides is 1. The lowest BCUT2D eigenvalue weighted by Gasteiger charge is -2.07. The molecule has 2 aromatic carbocycles. The second-order valence-electron chi connectivity index (χ2n) is 3.83. The van der Waals surface area contributed by atoms with Crippen LogP contribution in [-0.4, -0.2) is 5.91 Å². The lowest BCUT2D eigenvalue weighted by Crippen LogP contribution is -2.24. The van der Waals surface area contributed by atoms with Gasteiger partial charge in [0, 0.05) is 8.59 Å². The first-order valence-electron chi connectivity index (χ1n) is 5.58. The molecule has 0 aromatic heterocycles. The van der Waals surface area contributed by atoms with Crippen LogP contribution in [0.3, 0.4) is 0 Å². The Morgan fingerprint density at radius 1 is 1.21 bits per heavy atom. The fraction of sp³-hybridized carbons (Fsp3) is 0.0714. The minimum atomic E-state index is -0.281. The van der Waals surface area contributed by atoms with Crippen molar-refractivity contribution in [2.24, 2.45) is 0 Å². The second-order valence-corrected chi connectivity index (χ2v) is 5.43. The normalized spacial score (nSPS) is 10.2. The number of rotatable bonds is 4. The number of halogens is 2. The summed E-state index contributed by atoms with van der Waals surface area (Å²) in [6.45, 7) is 0.330. The highest BCUT2D eigenvalue weighted by Gasteiger charge is 2.10. The molecule has 19 heavy (non-hydrogen) atoms. The van der Waals surface area contributed by atoms with E-state index in [2.05, 4.69) is 28.1 Å². The van der Waals surface area contributed by atoms with Crippen molar-refractivity contribution < 1.29 is 9.63 Å². The van der Waals surface area contributed by atoms with Crippen LogP contribution >= 0.6 is 34.2 Å². The maximum Gasteiger partial charge on any atom is 0.275 e. The summed E-state index contributed by atoms with van der Waals surface area (Å²) in [6.07, 6.45) is 0. The van der Waals surface area contributed by atoms with Gasteiger partial charge in [-0.15, -0.1) is 0 Å². The Morgan fingerprint density at radius 3 is 2.63 bits per heavy atom. The Kier molecular flexibility index (Phi) is 5.18. The zero-order valence-electron chi connectivity index (χ0n) is 9.90. The van der Waals surface area contributed by atoms with Crippen LogP contribution in [0.15, 0.2) is 48.5 Å². The molecule has 5 heteroatoms. The van der Waals surface area contributed by atoms with E-state index in [-0.39, 0.29) is 5.91 Å². The molecule has 1 N–H and O–H groups in total. The molecular formula is C14H11ClINO2. The standard InChI is InChI=1S/C14H11ClINO2/c15-11-6-7-12(13(16)8-11)14(18)17-19-9-10-4-2-1-3-5-10/h1-8H,9H2,(H,17,18). The highest BCUT2D eigenvalue weighted by atomic mass is 127. The molecule has 98 valence electrons. The van der Waals surface area contributed by atoms with E-state index < -0.39 is 0 Å². The van der Waals surface area contributed by atoms with E-state index in [0.29, 0.717) is 17.2 Å². The topological polar surface area (TPSA) is 38.3 Å². The molecule has 0 spiro atoms. The summed E-state index contributed by atoms with van der Waals surface area (Å²) in [5.74, 6) is -0.281. The fourth-order valence-electron chi connectivity index (χ4n) is 1.49. The van der Waals surface area contributed by atoms with Crippen molar-refractivity contribution in [2.45, 2.75) is 6.61 Å². The van der Waals surface area contributed by atoms with Crippen LogP contribution < -0.4 is 5.48 Å². The SMILES string of the molecule is O=C(NOCc1ccccc1)c1ccc(Cl)cc1I. The average Bonchev–Trinajstić information content (AvgIpc) is 2.39. The molecule has 0 saturated carbocycles. The summed E-state index contributed by atoms with van der Waals surface area (Å²) >= 11 is 7.90. The Morgan fingerprint density at radius 2 is 1.95 bits per heavy atom. The zero-order valence-corrected chi connectivity index (χ0v) is 12.8. The Balaban J connectivity index is 1.91. The van der Waals surface area contributed by atoms with Crippen molar-refractivity contribution in [2.75, 3.05) is 0 Å². The third-order valence-electron chi connectivity index (χ3n) is 2.42. The molecular weight excluding hydrogens is 377 g/mol. The lowest BCUT2D eigenvalue weighted by molar-refractivity contribution is 0.0233. The van der Waals surface area contributed by atoms with E-state index in [9.17, 15) is 4.79 Å². The van der Waals surface area contributed by atoms with Gasteiger partial charge in [-0.1, -0.05) is 41.9 Å². The van der Waals surface area contributed by atoms with Crippen LogP contribution in [-0.2, 0) is 11.4 Å². The van der Waals surface area contributed by atoms with Gasteiger partial charge in [-0.2, -0.15) is 0 Å². The fourth-order valence-corrected chi connectivity index (χ4v) is 2.60. The Bertz CT molecular complexity index is 575. The van der Waals surface area contributed by atoms with E-state index in [1.807, 2.05) is 30.3 Å². The van der Waals surface area contributed by atoms with Gasteiger partial charge in [-0.25, -0.2) is 5.48 Å². The first-order chi connectivity index (χ1) is 9.16. The molecule has 0 aliphatic heterocycles. The van der Waals surface area contributed by atoms with Gasteiger partial charge in [-0.3, -0.25) is 9.63 Å². The molecule has 0 saturated heterocycles. The average molecular weight is 388 g/mol. The number of hydroxylamine groups is 1. The number of nitrogens with one attached hydrogen (secondary N) is 1. The van der Waals surface area contributed by atoms with Crippen molar-refractivity contribution in [3.8, 4) is 0 Å². The van der Waals surface area contributed by atoms with E-state index >= 15 is 0 Å². The van der Waals surface area contributed by atoms with E-state index in [4.69, 9.17) is 16.4 Å². The molecule has 2 rings (SSSR count). The molecule has 0 aliphatic rings. The molecule has 0 atom stereocenters. The summed E-state index contributed by atoms with van der Waals surface area (Å²) in [4.78, 5) is 17.1. The first-order valence-corrected chi connectivity index (χ1v) is 7.03. The minimum Gasteiger partial charge on any atom is -0.269 e. The van der Waals surface area contributed by atoms with Crippen molar-refractivity contribution in [1.29, 1.82) is 0 Å². The molecule has 0 bridgehead atoms. The smallest absolute Gasteiger partial charge is 0.269 e. The van der Waals surface area contributed by atoms with Crippen LogP contribution in [0, 0.1) is 3.57 Å². The van der Waals surface area contributed by atoms with Crippen LogP contribution in [0.25, 0.3) is 0 Å². The predicted molar refractivity (Wildman–Crippen MR) is 82.9 cm³/mol. The van der Waals surface area contributed by atoms with Crippen molar-refractivity contribution in [3.05, 3.63) is 68.3 Å². The zero-order chi connectivity index (χ0) is 13.7. The predicted octanol–water partition coefficient (Wildman–Crippen LogP) is 3.81. The van der Waals surface area contributed by atoms with Gasteiger partial charge >= 0.3 is 0 Å². The maximum atomic E-state index is 11.9. The first kappa shape index (κ1) is 14.3. The maximum absolute atomic E-state index is 11.9. The van der Waals surface area contributed by atoms with Crippen molar-refractivity contribution >= 4 is 40.1 Å². The number of hydrogen-bond donors (Lipinski definition) is 1. The molecule has 0 radical (unpaired) electrons. The largest absolute Gasteiger partial charge is 0.275 e. The van der Waals surface area contributed by atoms with Crippen molar-refractivity contribution in [1.82, 2.24) is 5.48 Å². The van der Waals surface area contributed by atoms with Gasteiger partial charge in [0.25, 0.3) is 5.91 Å². The lowest BCUT2D eigenvalue weighted by atomic mass is 10.2. The Hall–Kier alpha value is -1.11. The Labute approximate surface area is 130 Å². The summed E-state index contributed by atoms with van der Waals surface area (Å²) in [5.41, 5.74) is 3.95. The van der Waals surface area contributed by atoms with Gasteiger partial charge in [0.05, 0.1) is 12.2 Å². The summed E-state index contributed by atoms with van der Waals surface area (Å²) in [5, 5.41) is 0.603. The van der Waals surface area contributed by atoms with Gasteiger partial charge in [-0.05, 0) is 46.4 Å². The molecule has 0 heterocycles. The van der Waals surface area contributed by atoms with E-state index in [1.54, 1.807) is 18.2 Å². The number of carbonyl (C=O) groups is 1. The monoisotopic (exact) mass is 387 g/mol. The summed E-state index contributed by atoms with van der Waals surface area (Å²) in [7, 11) is 0. The van der Waals surface area contributed by atoms with Crippen molar-refractivity contribution in [3.63, 3.8) is 0 Å². The third-order valence-corrected chi connectivity index (χ3v) is 3.55. The van der Waals surface area contributed by atoms with Crippen LogP contribution in [0.2, 0.25) is 5.02 Å². The quantitative estimate of drug-likeness (QED) is 0.640. The van der Waals surface area contributed by atoms with E-state index in [1.165, 1.54) is 0 Å². The number of benzene rings is 2. The van der Waals surface area contributed by atoms with E-state index in [0.717, 1.165) is 9.13 Å². The highest BCUT2D eigenvalue weighted by molar-refractivity contribution is 14.1. The van der Waals surface area contributed by atoms with Gasteiger partial charge < -0.3 is 0 Å². The number of hydrogen-bond acceptors (Lipinski definition) is 2. The highest BCUT2D eigenvalue weighted by Crippen LogP contribution is 2.17. The molecule has 1 amide bonds. The molecule has 0 aliphatic carbocycles. The van der Waals surface area contributed by atoms with Crippen LogP contribution in [0.5, 0.6) is 0 Å². The minimum absolute atomic E-state index is 0.281. The second kappa shape index (κ2) is 6.88. The molecule has 0 unspecified atom stereocenters. The summed E-state index contributed by atoms with van der Waals surface area (Å²) < 4.78 is 0.783. The van der Waals surface area contributed by atoms with Gasteiger partial charge in [0.1, 0.15) is 0 Å². The van der Waals surface area contributed by atoms with Gasteiger partial charge in [0.15, 0.2) is 0 Å². The molecule has 3 nitrogen and oxygen atoms in total. The summed E-state index contributed by atoms with van der Waals surface area (Å²) in [6, 6.07) is 14.7. The van der Waals surface area contributed by atoms with Crippen LogP contribution in [0.1, 0.15) is 15.9 Å². The molecule has 2 aromatic rings. The number of carbonyl (C=O) groups excluding carboxylic acids is 1.